The van der Waals surface area contributed by atoms with Crippen LogP contribution in [0.2, 0.25) is 0 Å². The molecule has 3 heterocycles. The van der Waals surface area contributed by atoms with Gasteiger partial charge in [0.05, 0.1) is 22.0 Å². The van der Waals surface area contributed by atoms with Crippen molar-refractivity contribution in [2.75, 3.05) is 12.8 Å². The highest BCUT2D eigenvalue weighted by atomic mass is 32.2. The number of benzene rings is 1. The van der Waals surface area contributed by atoms with Gasteiger partial charge in [-0.3, -0.25) is 4.79 Å². The van der Waals surface area contributed by atoms with Gasteiger partial charge in [0, 0.05) is 25.4 Å². The number of para-hydroxylation sites is 1. The molecule has 0 radical (unpaired) electrons. The van der Waals surface area contributed by atoms with Crippen molar-refractivity contribution in [1.82, 2.24) is 24.6 Å². The van der Waals surface area contributed by atoms with Crippen LogP contribution in [0, 0.1) is 0 Å². The van der Waals surface area contributed by atoms with E-state index in [-0.39, 0.29) is 11.9 Å². The second-order valence-corrected chi connectivity index (χ2v) is 9.74. The molecule has 29 heavy (non-hydrogen) atoms. The molecule has 0 unspecified atom stereocenters. The number of hydrogen-bond donors (Lipinski definition) is 0. The van der Waals surface area contributed by atoms with Crippen molar-refractivity contribution >= 4 is 50.6 Å². The second-order valence-electron chi connectivity index (χ2n) is 6.70. The molecule has 1 amide bonds. The highest BCUT2D eigenvalue weighted by Gasteiger charge is 2.21. The molecule has 1 aromatic carbocycles. The summed E-state index contributed by atoms with van der Waals surface area (Å²) in [7, 11) is 3.78. The fourth-order valence-corrected chi connectivity index (χ4v) is 5.49. The first-order chi connectivity index (χ1) is 14.0. The number of aromatic nitrogens is 4. The van der Waals surface area contributed by atoms with Crippen LogP contribution >= 0.6 is 34.4 Å². The van der Waals surface area contributed by atoms with E-state index >= 15 is 0 Å². The minimum atomic E-state index is -0.0746. The first kappa shape index (κ1) is 20.1. The van der Waals surface area contributed by atoms with E-state index in [1.807, 2.05) is 49.9 Å². The lowest BCUT2D eigenvalue weighted by Gasteiger charge is -2.23. The highest BCUT2D eigenvalue weighted by molar-refractivity contribution is 7.99. The van der Waals surface area contributed by atoms with E-state index in [0.29, 0.717) is 5.75 Å². The van der Waals surface area contributed by atoms with Crippen molar-refractivity contribution in [3.8, 4) is 0 Å². The average molecular weight is 444 g/mol. The summed E-state index contributed by atoms with van der Waals surface area (Å²) in [6.45, 7) is 2.02. The van der Waals surface area contributed by atoms with Gasteiger partial charge in [0.15, 0.2) is 5.16 Å². The molecule has 4 aromatic rings. The molecule has 150 valence electrons. The molecule has 3 aromatic heterocycles. The Hall–Kier alpha value is -2.23. The summed E-state index contributed by atoms with van der Waals surface area (Å²) in [6.07, 6.45) is 0.754. The lowest BCUT2D eigenvalue weighted by molar-refractivity contribution is -0.128. The zero-order valence-corrected chi connectivity index (χ0v) is 18.9. The van der Waals surface area contributed by atoms with Crippen molar-refractivity contribution in [3.63, 3.8) is 0 Å². The van der Waals surface area contributed by atoms with E-state index in [0.717, 1.165) is 32.6 Å². The van der Waals surface area contributed by atoms with E-state index in [1.165, 1.54) is 16.6 Å². The molecule has 6 nitrogen and oxygen atoms in total. The summed E-state index contributed by atoms with van der Waals surface area (Å²) in [4.78, 5) is 20.4. The molecule has 0 saturated heterocycles. The average Bonchev–Trinajstić information content (AvgIpc) is 3.46. The van der Waals surface area contributed by atoms with E-state index in [4.69, 9.17) is 0 Å². The van der Waals surface area contributed by atoms with Gasteiger partial charge < -0.3 is 9.47 Å². The molecule has 0 N–H and O–H groups in total. The third-order valence-corrected chi connectivity index (χ3v) is 7.89. The lowest BCUT2D eigenvalue weighted by atomic mass is 10.3. The summed E-state index contributed by atoms with van der Waals surface area (Å²) < 4.78 is 3.11. The highest BCUT2D eigenvalue weighted by Crippen LogP contribution is 2.29. The number of hydrogen-bond acceptors (Lipinski definition) is 7. The third kappa shape index (κ3) is 4.36. The smallest absolute Gasteiger partial charge is 0.233 e. The van der Waals surface area contributed by atoms with Gasteiger partial charge in [0.1, 0.15) is 10.8 Å². The van der Waals surface area contributed by atoms with Gasteiger partial charge in [0.2, 0.25) is 5.91 Å². The number of amides is 1. The van der Waals surface area contributed by atoms with Crippen LogP contribution in [0.1, 0.15) is 28.7 Å². The second kappa shape index (κ2) is 8.64. The maximum Gasteiger partial charge on any atom is 0.233 e. The van der Waals surface area contributed by atoms with Crippen molar-refractivity contribution in [2.24, 2.45) is 7.05 Å². The fraction of sp³-hybridized carbons (Fsp3) is 0.300. The SMILES string of the molecule is C[C@@H](c1nc2ccccc2s1)N(C)C(=O)CSc1nnc(Cc2cccs2)n1C. The summed E-state index contributed by atoms with van der Waals surface area (Å²) in [6, 6.07) is 12.1. The molecule has 9 heteroatoms. The number of rotatable bonds is 7. The molecular weight excluding hydrogens is 422 g/mol. The van der Waals surface area contributed by atoms with Crippen molar-refractivity contribution in [1.29, 1.82) is 0 Å². The number of thiazole rings is 1. The largest absolute Gasteiger partial charge is 0.336 e. The van der Waals surface area contributed by atoms with Crippen LogP contribution in [0.25, 0.3) is 10.2 Å². The van der Waals surface area contributed by atoms with Crippen molar-refractivity contribution < 1.29 is 4.79 Å². The molecule has 0 saturated carbocycles. The summed E-state index contributed by atoms with van der Waals surface area (Å²) in [5.74, 6) is 1.26. The van der Waals surface area contributed by atoms with Gasteiger partial charge in [-0.05, 0) is 30.5 Å². The Kier molecular flexibility index (Phi) is 5.98. The van der Waals surface area contributed by atoms with Crippen LogP contribution in [0.5, 0.6) is 0 Å². The molecule has 0 aliphatic heterocycles. The zero-order valence-electron chi connectivity index (χ0n) is 16.4. The van der Waals surface area contributed by atoms with Gasteiger partial charge in [-0.2, -0.15) is 0 Å². The zero-order chi connectivity index (χ0) is 20.4. The van der Waals surface area contributed by atoms with E-state index in [9.17, 15) is 4.79 Å². The summed E-state index contributed by atoms with van der Waals surface area (Å²) in [5.41, 5.74) is 0.979. The topological polar surface area (TPSA) is 63.9 Å². The Morgan fingerprint density at radius 3 is 2.83 bits per heavy atom. The number of thiophene rings is 1. The van der Waals surface area contributed by atoms with E-state index < -0.39 is 0 Å². The minimum Gasteiger partial charge on any atom is -0.336 e. The predicted octanol–water partition coefficient (Wildman–Crippen LogP) is 4.39. The molecule has 1 atom stereocenters. The monoisotopic (exact) mass is 443 g/mol. The predicted molar refractivity (Wildman–Crippen MR) is 120 cm³/mol. The van der Waals surface area contributed by atoms with Crippen LogP contribution in [0.4, 0.5) is 0 Å². The van der Waals surface area contributed by atoms with Gasteiger partial charge in [-0.25, -0.2) is 4.98 Å². The number of fused-ring (bicyclic) bond motifs is 1. The van der Waals surface area contributed by atoms with E-state index in [2.05, 4.69) is 32.7 Å². The molecule has 0 aliphatic carbocycles. The molecule has 0 spiro atoms. The van der Waals surface area contributed by atoms with Gasteiger partial charge in [-0.1, -0.05) is 30.0 Å². The maximum atomic E-state index is 12.7. The molecule has 0 fully saturated rings. The number of thioether (sulfide) groups is 1. The van der Waals surface area contributed by atoms with Crippen molar-refractivity contribution in [2.45, 2.75) is 24.5 Å². The van der Waals surface area contributed by atoms with Gasteiger partial charge in [0.25, 0.3) is 0 Å². The Labute approximate surface area is 181 Å². The fourth-order valence-electron chi connectivity index (χ4n) is 2.87. The maximum absolute atomic E-state index is 12.7. The van der Waals surface area contributed by atoms with Crippen LogP contribution in [0.3, 0.4) is 0 Å². The van der Waals surface area contributed by atoms with Gasteiger partial charge in [-0.15, -0.1) is 32.9 Å². The Morgan fingerprint density at radius 2 is 2.07 bits per heavy atom. The van der Waals surface area contributed by atoms with Crippen LogP contribution in [0.15, 0.2) is 46.9 Å². The summed E-state index contributed by atoms with van der Waals surface area (Å²) >= 11 is 4.76. The normalized spacial score (nSPS) is 12.4. The van der Waals surface area contributed by atoms with Crippen LogP contribution in [-0.2, 0) is 18.3 Å². The first-order valence-electron chi connectivity index (χ1n) is 9.17. The molecule has 0 bridgehead atoms. The quantitative estimate of drug-likeness (QED) is 0.397. The Morgan fingerprint density at radius 1 is 1.24 bits per heavy atom. The summed E-state index contributed by atoms with van der Waals surface area (Å²) in [5, 5.41) is 12.3. The Balaban J connectivity index is 1.38. The van der Waals surface area contributed by atoms with Crippen LogP contribution in [-0.4, -0.2) is 43.4 Å². The third-order valence-electron chi connectivity index (χ3n) is 4.80. The van der Waals surface area contributed by atoms with Gasteiger partial charge >= 0.3 is 0 Å². The first-order valence-corrected chi connectivity index (χ1v) is 11.9. The molecule has 4 rings (SSSR count). The standard InChI is InChI=1S/C20H21N5OS3/c1-13(19-21-15-8-4-5-9-16(15)29-19)24(2)18(26)12-28-20-23-22-17(25(20)3)11-14-7-6-10-27-14/h4-10,13H,11-12H2,1-3H3/t13-/m0/s1. The van der Waals surface area contributed by atoms with E-state index in [1.54, 1.807) is 27.6 Å². The molecule has 0 aliphatic rings. The van der Waals surface area contributed by atoms with Crippen molar-refractivity contribution in [3.05, 3.63) is 57.5 Å². The molecular formula is C20H21N5OS3. The number of carbonyl (C=O) groups excluding carboxylic acids is 1. The number of carbonyl (C=O) groups is 1. The Bertz CT molecular complexity index is 1090. The minimum absolute atomic E-state index is 0.0459. The van der Waals surface area contributed by atoms with Crippen LogP contribution < -0.4 is 0 Å². The number of nitrogens with zero attached hydrogens (tertiary/aromatic N) is 5. The lowest BCUT2D eigenvalue weighted by Crippen LogP contribution is -2.31.